The minimum Gasteiger partial charge on any atom is -0.358 e. The molecule has 0 bridgehead atoms. The number of hydrogen-bond donors (Lipinski definition) is 2. The van der Waals surface area contributed by atoms with Gasteiger partial charge in [-0.2, -0.15) is 9.40 Å². The smallest absolute Gasteiger partial charge is 0.247 e. The van der Waals surface area contributed by atoms with Crippen LogP contribution in [0.25, 0.3) is 10.9 Å². The van der Waals surface area contributed by atoms with Crippen LogP contribution in [0.5, 0.6) is 0 Å². The first-order chi connectivity index (χ1) is 12.3. The van der Waals surface area contributed by atoms with Gasteiger partial charge in [0.2, 0.25) is 10.0 Å². The van der Waals surface area contributed by atoms with Crippen molar-refractivity contribution in [3.8, 4) is 0 Å². The lowest BCUT2D eigenvalue weighted by Gasteiger charge is -2.26. The predicted octanol–water partition coefficient (Wildman–Crippen LogP) is 3.38. The van der Waals surface area contributed by atoms with E-state index in [0.29, 0.717) is 41.7 Å². The highest BCUT2D eigenvalue weighted by Gasteiger charge is 2.33. The fourth-order valence-corrected chi connectivity index (χ4v) is 5.56. The first-order valence-corrected chi connectivity index (χ1v) is 10.4. The van der Waals surface area contributed by atoms with Crippen LogP contribution < -0.4 is 0 Å². The van der Waals surface area contributed by atoms with E-state index in [4.69, 9.17) is 0 Å². The number of rotatable bonds is 3. The molecule has 0 atom stereocenters. The van der Waals surface area contributed by atoms with Crippen molar-refractivity contribution in [3.05, 3.63) is 46.4 Å². The maximum absolute atomic E-state index is 13.2. The van der Waals surface area contributed by atoms with Gasteiger partial charge in [-0.3, -0.25) is 5.10 Å². The third-order valence-electron chi connectivity index (χ3n) is 5.29. The molecule has 2 N–H and O–H groups in total. The third-order valence-corrected chi connectivity index (χ3v) is 7.40. The molecule has 0 spiro atoms. The average Bonchev–Trinajstić information content (AvgIpc) is 3.13. The van der Waals surface area contributed by atoms with E-state index in [-0.39, 0.29) is 0 Å². The summed E-state index contributed by atoms with van der Waals surface area (Å²) in [6.45, 7) is 8.69. The SMILES string of the molecule is Cc1n[nH]c(C)c1S(=O)(=O)N1CCc2[nH]c3ccc(C(C)C)cc3c2C1. The second-order valence-corrected chi connectivity index (χ2v) is 9.27. The third kappa shape index (κ3) is 2.57. The van der Waals surface area contributed by atoms with Crippen molar-refractivity contribution in [2.75, 3.05) is 6.54 Å². The molecule has 1 aromatic carbocycles. The average molecular weight is 372 g/mol. The van der Waals surface area contributed by atoms with E-state index in [0.717, 1.165) is 22.2 Å². The molecule has 3 aromatic rings. The largest absolute Gasteiger partial charge is 0.358 e. The van der Waals surface area contributed by atoms with E-state index >= 15 is 0 Å². The lowest BCUT2D eigenvalue weighted by molar-refractivity contribution is 0.390. The van der Waals surface area contributed by atoms with Crippen LogP contribution in [0.15, 0.2) is 23.1 Å². The number of nitrogens with zero attached hydrogens (tertiary/aromatic N) is 2. The van der Waals surface area contributed by atoms with Gasteiger partial charge in [0.15, 0.2) is 0 Å². The fraction of sp³-hybridized carbons (Fsp3) is 0.421. The molecule has 1 aliphatic heterocycles. The van der Waals surface area contributed by atoms with Gasteiger partial charge in [0.05, 0.1) is 11.4 Å². The molecule has 0 radical (unpaired) electrons. The molecule has 26 heavy (non-hydrogen) atoms. The summed E-state index contributed by atoms with van der Waals surface area (Å²) in [4.78, 5) is 3.78. The second-order valence-electron chi connectivity index (χ2n) is 7.39. The summed E-state index contributed by atoms with van der Waals surface area (Å²) in [6, 6.07) is 6.44. The number of nitrogens with one attached hydrogen (secondary N) is 2. The van der Waals surface area contributed by atoms with E-state index in [2.05, 4.69) is 47.2 Å². The number of aryl methyl sites for hydroxylation is 2. The van der Waals surface area contributed by atoms with Gasteiger partial charge in [0, 0.05) is 36.1 Å². The molecule has 2 aromatic heterocycles. The highest BCUT2D eigenvalue weighted by Crippen LogP contribution is 2.33. The van der Waals surface area contributed by atoms with Crippen molar-refractivity contribution in [1.82, 2.24) is 19.5 Å². The molecular weight excluding hydrogens is 348 g/mol. The van der Waals surface area contributed by atoms with Crippen LogP contribution in [0.1, 0.15) is 48.0 Å². The summed E-state index contributed by atoms with van der Waals surface area (Å²) >= 11 is 0. The van der Waals surface area contributed by atoms with E-state index < -0.39 is 10.0 Å². The summed E-state index contributed by atoms with van der Waals surface area (Å²) in [5.74, 6) is 0.435. The number of aromatic amines is 2. The van der Waals surface area contributed by atoms with Crippen molar-refractivity contribution in [3.63, 3.8) is 0 Å². The van der Waals surface area contributed by atoms with Crippen LogP contribution in [0, 0.1) is 13.8 Å². The molecule has 0 amide bonds. The number of benzene rings is 1. The molecular formula is C19H24N4O2S. The number of hydrogen-bond acceptors (Lipinski definition) is 3. The van der Waals surface area contributed by atoms with Crippen LogP contribution in [-0.2, 0) is 23.0 Å². The van der Waals surface area contributed by atoms with Gasteiger partial charge in [-0.25, -0.2) is 8.42 Å². The van der Waals surface area contributed by atoms with Gasteiger partial charge in [0.25, 0.3) is 0 Å². The lowest BCUT2D eigenvalue weighted by Crippen LogP contribution is -2.36. The zero-order chi connectivity index (χ0) is 18.6. The van der Waals surface area contributed by atoms with Gasteiger partial charge in [-0.05, 0) is 43.0 Å². The minimum absolute atomic E-state index is 0.309. The van der Waals surface area contributed by atoms with Crippen molar-refractivity contribution in [2.24, 2.45) is 0 Å². The van der Waals surface area contributed by atoms with E-state index in [1.165, 1.54) is 5.56 Å². The first kappa shape index (κ1) is 17.3. The Morgan fingerprint density at radius 2 is 2.00 bits per heavy atom. The molecule has 4 rings (SSSR count). The van der Waals surface area contributed by atoms with Gasteiger partial charge in [-0.15, -0.1) is 0 Å². The topological polar surface area (TPSA) is 81.8 Å². The van der Waals surface area contributed by atoms with Gasteiger partial charge < -0.3 is 4.98 Å². The molecule has 3 heterocycles. The number of H-pyrrole nitrogens is 2. The minimum atomic E-state index is -3.57. The standard InChI is InChI=1S/C19H24N4O2S/c1-11(2)14-5-6-17-15(9-14)16-10-23(8-7-18(16)20-17)26(24,25)19-12(3)21-22-13(19)4/h5-6,9,11,20H,7-8,10H2,1-4H3,(H,21,22). The summed E-state index contributed by atoms with van der Waals surface area (Å²) in [7, 11) is -3.57. The van der Waals surface area contributed by atoms with Crippen molar-refractivity contribution in [1.29, 1.82) is 0 Å². The Morgan fingerprint density at radius 1 is 1.23 bits per heavy atom. The molecule has 0 unspecified atom stereocenters. The van der Waals surface area contributed by atoms with E-state index in [1.54, 1.807) is 18.2 Å². The van der Waals surface area contributed by atoms with Crippen molar-refractivity contribution in [2.45, 2.75) is 51.5 Å². The maximum Gasteiger partial charge on any atom is 0.247 e. The maximum atomic E-state index is 13.2. The number of fused-ring (bicyclic) bond motifs is 3. The van der Waals surface area contributed by atoms with Crippen molar-refractivity contribution >= 4 is 20.9 Å². The number of aromatic nitrogens is 3. The zero-order valence-electron chi connectivity index (χ0n) is 15.5. The van der Waals surface area contributed by atoms with E-state index in [1.807, 2.05) is 0 Å². The highest BCUT2D eigenvalue weighted by molar-refractivity contribution is 7.89. The monoisotopic (exact) mass is 372 g/mol. The van der Waals surface area contributed by atoms with Gasteiger partial charge in [0.1, 0.15) is 4.90 Å². The molecule has 0 aliphatic carbocycles. The quantitative estimate of drug-likeness (QED) is 0.739. The summed E-state index contributed by atoms with van der Waals surface area (Å²) in [5.41, 5.74) is 5.70. The molecule has 6 nitrogen and oxygen atoms in total. The molecule has 138 valence electrons. The molecule has 0 saturated carbocycles. The van der Waals surface area contributed by atoms with Crippen LogP contribution in [0.2, 0.25) is 0 Å². The first-order valence-electron chi connectivity index (χ1n) is 8.94. The van der Waals surface area contributed by atoms with Gasteiger partial charge in [-0.1, -0.05) is 19.9 Å². The molecule has 0 fully saturated rings. The normalized spacial score (nSPS) is 15.7. The Hall–Kier alpha value is -2.12. The summed E-state index contributed by atoms with van der Waals surface area (Å²) < 4.78 is 28.0. The van der Waals surface area contributed by atoms with Crippen molar-refractivity contribution < 1.29 is 8.42 Å². The molecule has 7 heteroatoms. The Labute approximate surface area is 153 Å². The summed E-state index contributed by atoms with van der Waals surface area (Å²) in [6.07, 6.45) is 0.691. The molecule has 0 saturated heterocycles. The number of sulfonamides is 1. The van der Waals surface area contributed by atoms with Crippen LogP contribution >= 0.6 is 0 Å². The Kier molecular flexibility index (Phi) is 3.96. The lowest BCUT2D eigenvalue weighted by atomic mass is 9.99. The summed E-state index contributed by atoms with van der Waals surface area (Å²) in [5, 5.41) is 7.97. The van der Waals surface area contributed by atoms with Crippen LogP contribution in [0.4, 0.5) is 0 Å². The predicted molar refractivity (Wildman–Crippen MR) is 102 cm³/mol. The Bertz CT molecular complexity index is 1070. The van der Waals surface area contributed by atoms with Gasteiger partial charge >= 0.3 is 0 Å². The fourth-order valence-electron chi connectivity index (χ4n) is 3.82. The molecule has 1 aliphatic rings. The zero-order valence-corrected chi connectivity index (χ0v) is 16.4. The highest BCUT2D eigenvalue weighted by atomic mass is 32.2. The Morgan fingerprint density at radius 3 is 2.65 bits per heavy atom. The second kappa shape index (κ2) is 5.96. The Balaban J connectivity index is 1.78. The van der Waals surface area contributed by atoms with Crippen LogP contribution in [0.3, 0.4) is 0 Å². The van der Waals surface area contributed by atoms with Crippen LogP contribution in [-0.4, -0.2) is 34.4 Å². The van der Waals surface area contributed by atoms with E-state index in [9.17, 15) is 8.42 Å².